The molecule has 1 aliphatic carbocycles. The molecule has 0 saturated heterocycles. The fraction of sp³-hybridized carbons (Fsp3) is 0.0476. The Bertz CT molecular complexity index is 3810. The molecule has 0 aliphatic heterocycles. The number of hydrogen-bond donors (Lipinski definition) is 0. The van der Waals surface area contributed by atoms with E-state index in [1.807, 2.05) is 116 Å². The second-order valence-corrected chi connectivity index (χ2v) is 18.4. The van der Waals surface area contributed by atoms with E-state index in [0.29, 0.717) is 17.6 Å². The molecule has 5 aromatic heterocycles. The number of pyridine rings is 3. The fourth-order valence-electron chi connectivity index (χ4n) is 10.3. The van der Waals surface area contributed by atoms with E-state index < -0.39 is 0 Å². The van der Waals surface area contributed by atoms with Crippen LogP contribution < -0.4 is 4.90 Å². The van der Waals surface area contributed by atoms with Crippen molar-refractivity contribution in [1.82, 2.24) is 34.5 Å². The SMILES string of the molecule is CC1(C)c2ccccc2-c2cc3c(cc21)c1cc(-c2ccc(N(c4cccc(-c5ccccn5)c4)c4cccc(-c5ccccn5)c4)cn2)ccc1n3-c1nc(-c2ccccc2)nc(-c2ccccc2)n1. The molecular formula is C63H44N8. The summed E-state index contributed by atoms with van der Waals surface area (Å²) in [5, 5.41) is 2.20. The first kappa shape index (κ1) is 41.8. The lowest BCUT2D eigenvalue weighted by Gasteiger charge is -2.26. The molecule has 8 nitrogen and oxygen atoms in total. The minimum Gasteiger partial charge on any atom is -0.309 e. The number of hydrogen-bond acceptors (Lipinski definition) is 7. The quantitative estimate of drug-likeness (QED) is 0.143. The van der Waals surface area contributed by atoms with Crippen LogP contribution in [0.1, 0.15) is 25.0 Å². The summed E-state index contributed by atoms with van der Waals surface area (Å²) in [5.74, 6) is 1.77. The molecule has 5 heterocycles. The molecule has 0 radical (unpaired) electrons. The van der Waals surface area contributed by atoms with E-state index in [1.165, 1.54) is 22.3 Å². The van der Waals surface area contributed by atoms with E-state index in [2.05, 4.69) is 149 Å². The second kappa shape index (κ2) is 17.0. The average molecular weight is 913 g/mol. The predicted octanol–water partition coefficient (Wildman–Crippen LogP) is 15.3. The highest BCUT2D eigenvalue weighted by Crippen LogP contribution is 2.51. The smallest absolute Gasteiger partial charge is 0.238 e. The molecule has 7 aromatic carbocycles. The molecule has 0 bridgehead atoms. The lowest BCUT2D eigenvalue weighted by atomic mass is 9.82. The first-order chi connectivity index (χ1) is 34.9. The zero-order valence-corrected chi connectivity index (χ0v) is 39.0. The zero-order valence-electron chi connectivity index (χ0n) is 39.0. The molecule has 336 valence electrons. The lowest BCUT2D eigenvalue weighted by Crippen LogP contribution is -2.14. The van der Waals surface area contributed by atoms with Crippen molar-refractivity contribution >= 4 is 38.9 Å². The van der Waals surface area contributed by atoms with Gasteiger partial charge in [0, 0.05) is 67.8 Å². The standard InChI is InChI=1S/C63H44N8/c1-63(2)53-26-10-9-25-49(53)50-39-59-52(38-54(50)63)51-37-45(29-32-58(51)71(59)62-68-60(41-17-5-3-6-18-41)67-61(69-62)42-19-7-4-8-20-42)57-31-30-48(40-66-57)70(46-23-15-21-43(35-46)55-27-11-13-33-64-55)47-24-16-22-44(36-47)56-28-12-14-34-65-56/h3-40H,1-2H3. The van der Waals surface area contributed by atoms with E-state index in [9.17, 15) is 0 Å². The normalized spacial score (nSPS) is 12.5. The van der Waals surface area contributed by atoms with Crippen LogP contribution in [0, 0.1) is 0 Å². The molecule has 0 amide bonds. The van der Waals surface area contributed by atoms with Gasteiger partial charge in [0.15, 0.2) is 11.6 Å². The van der Waals surface area contributed by atoms with Crippen molar-refractivity contribution < 1.29 is 0 Å². The van der Waals surface area contributed by atoms with Crippen molar-refractivity contribution in [1.29, 1.82) is 0 Å². The number of benzene rings is 7. The molecular weight excluding hydrogens is 869 g/mol. The van der Waals surface area contributed by atoms with Crippen LogP contribution in [0.5, 0.6) is 0 Å². The summed E-state index contributed by atoms with van der Waals surface area (Å²) in [6.07, 6.45) is 5.63. The van der Waals surface area contributed by atoms with Crippen LogP contribution in [0.3, 0.4) is 0 Å². The first-order valence-electron chi connectivity index (χ1n) is 23.8. The maximum Gasteiger partial charge on any atom is 0.238 e. The molecule has 0 unspecified atom stereocenters. The zero-order chi connectivity index (χ0) is 47.5. The van der Waals surface area contributed by atoms with E-state index in [0.717, 1.165) is 83.8 Å². The van der Waals surface area contributed by atoms with Gasteiger partial charge in [0.1, 0.15) is 0 Å². The molecule has 0 atom stereocenters. The van der Waals surface area contributed by atoms with Gasteiger partial charge < -0.3 is 4.90 Å². The third-order valence-corrected chi connectivity index (χ3v) is 13.8. The summed E-state index contributed by atoms with van der Waals surface area (Å²) in [5.41, 5.74) is 17.3. The fourth-order valence-corrected chi connectivity index (χ4v) is 10.3. The lowest BCUT2D eigenvalue weighted by molar-refractivity contribution is 0.661. The summed E-state index contributed by atoms with van der Waals surface area (Å²) in [4.78, 5) is 32.4. The van der Waals surface area contributed by atoms with Crippen molar-refractivity contribution in [2.75, 3.05) is 4.90 Å². The van der Waals surface area contributed by atoms with Crippen LogP contribution >= 0.6 is 0 Å². The van der Waals surface area contributed by atoms with Gasteiger partial charge in [-0.25, -0.2) is 4.98 Å². The maximum absolute atomic E-state index is 5.26. The van der Waals surface area contributed by atoms with Crippen LogP contribution in [0.25, 0.3) is 95.4 Å². The van der Waals surface area contributed by atoms with Crippen LogP contribution in [-0.2, 0) is 5.41 Å². The van der Waals surface area contributed by atoms with Crippen LogP contribution in [0.2, 0.25) is 0 Å². The summed E-state index contributed by atoms with van der Waals surface area (Å²) in [6, 6.07) is 73.7. The van der Waals surface area contributed by atoms with Gasteiger partial charge in [-0.05, 0) is 107 Å². The van der Waals surface area contributed by atoms with Crippen molar-refractivity contribution in [3.63, 3.8) is 0 Å². The minimum atomic E-state index is -0.197. The molecule has 13 rings (SSSR count). The van der Waals surface area contributed by atoms with Crippen molar-refractivity contribution in [2.45, 2.75) is 19.3 Å². The Balaban J connectivity index is 0.975. The van der Waals surface area contributed by atoms with E-state index >= 15 is 0 Å². The Morgan fingerprint density at radius 2 is 0.944 bits per heavy atom. The van der Waals surface area contributed by atoms with Crippen LogP contribution in [0.4, 0.5) is 17.1 Å². The van der Waals surface area contributed by atoms with E-state index in [1.54, 1.807) is 0 Å². The van der Waals surface area contributed by atoms with Gasteiger partial charge in [0.05, 0.1) is 40.0 Å². The van der Waals surface area contributed by atoms with Crippen molar-refractivity contribution in [2.24, 2.45) is 0 Å². The van der Waals surface area contributed by atoms with Crippen LogP contribution in [0.15, 0.2) is 231 Å². The van der Waals surface area contributed by atoms with Gasteiger partial charge in [0.25, 0.3) is 0 Å². The summed E-state index contributed by atoms with van der Waals surface area (Å²) in [6.45, 7) is 4.66. The van der Waals surface area contributed by atoms with E-state index in [4.69, 9.17) is 19.9 Å². The molecule has 0 spiro atoms. The summed E-state index contributed by atoms with van der Waals surface area (Å²) < 4.78 is 2.22. The average Bonchev–Trinajstić information content (AvgIpc) is 3.88. The monoisotopic (exact) mass is 912 g/mol. The Kier molecular flexibility index (Phi) is 9.99. The number of nitrogens with zero attached hydrogens (tertiary/aromatic N) is 8. The largest absolute Gasteiger partial charge is 0.309 e. The van der Waals surface area contributed by atoms with Gasteiger partial charge in [-0.15, -0.1) is 0 Å². The Morgan fingerprint density at radius 3 is 1.55 bits per heavy atom. The van der Waals surface area contributed by atoms with Gasteiger partial charge in [-0.2, -0.15) is 9.97 Å². The molecule has 1 aliphatic rings. The van der Waals surface area contributed by atoms with Crippen molar-refractivity contribution in [3.05, 3.63) is 242 Å². The highest BCUT2D eigenvalue weighted by atomic mass is 15.2. The third-order valence-electron chi connectivity index (χ3n) is 13.8. The Hall–Kier alpha value is -9.40. The molecule has 0 N–H and O–H groups in total. The van der Waals surface area contributed by atoms with Crippen molar-refractivity contribution in [3.8, 4) is 73.6 Å². The van der Waals surface area contributed by atoms with Gasteiger partial charge >= 0.3 is 0 Å². The molecule has 0 saturated carbocycles. The first-order valence-corrected chi connectivity index (χ1v) is 23.8. The maximum atomic E-state index is 5.26. The summed E-state index contributed by atoms with van der Waals surface area (Å²) in [7, 11) is 0. The number of rotatable bonds is 9. The second-order valence-electron chi connectivity index (χ2n) is 18.4. The molecule has 0 fully saturated rings. The Labute approximate surface area is 411 Å². The number of aromatic nitrogens is 7. The highest BCUT2D eigenvalue weighted by molar-refractivity contribution is 6.12. The number of fused-ring (bicyclic) bond motifs is 6. The summed E-state index contributed by atoms with van der Waals surface area (Å²) >= 11 is 0. The van der Waals surface area contributed by atoms with Gasteiger partial charge in [-0.1, -0.05) is 141 Å². The highest BCUT2D eigenvalue weighted by Gasteiger charge is 2.36. The minimum absolute atomic E-state index is 0.197. The van der Waals surface area contributed by atoms with Crippen LogP contribution in [-0.4, -0.2) is 34.5 Å². The van der Waals surface area contributed by atoms with E-state index in [-0.39, 0.29) is 5.41 Å². The third kappa shape index (κ3) is 7.32. The molecule has 8 heteroatoms. The van der Waals surface area contributed by atoms with Gasteiger partial charge in [-0.3, -0.25) is 19.5 Å². The topological polar surface area (TPSA) is 85.5 Å². The number of anilines is 3. The molecule has 12 aromatic rings. The molecule has 71 heavy (non-hydrogen) atoms. The van der Waals surface area contributed by atoms with Gasteiger partial charge in [0.2, 0.25) is 5.95 Å². The Morgan fingerprint density at radius 1 is 0.380 bits per heavy atom. The predicted molar refractivity (Wildman–Crippen MR) is 287 cm³/mol.